The Hall–Kier alpha value is -1.76. The summed E-state index contributed by atoms with van der Waals surface area (Å²) in [6.07, 6.45) is 0. The van der Waals surface area contributed by atoms with Crippen LogP contribution in [-0.2, 0) is 4.74 Å². The molecule has 1 aliphatic rings. The van der Waals surface area contributed by atoms with E-state index >= 15 is 0 Å². The van der Waals surface area contributed by atoms with Crippen LogP contribution in [0.5, 0.6) is 5.75 Å². The van der Waals surface area contributed by atoms with Crippen LogP contribution in [0.3, 0.4) is 0 Å². The van der Waals surface area contributed by atoms with Crippen molar-refractivity contribution in [1.29, 1.82) is 0 Å². The Morgan fingerprint density at radius 2 is 2.04 bits per heavy atom. The molecule has 0 spiro atoms. The Morgan fingerprint density at radius 3 is 2.70 bits per heavy atom. The average molecular weight is 353 g/mol. The Bertz CT molecular complexity index is 674. The molecule has 2 N–H and O–H groups in total. The van der Waals surface area contributed by atoms with E-state index in [1.807, 2.05) is 24.3 Å². The fourth-order valence-corrected chi connectivity index (χ4v) is 3.51. The lowest BCUT2D eigenvalue weighted by Gasteiger charge is -2.19. The van der Waals surface area contributed by atoms with E-state index in [-0.39, 0.29) is 18.0 Å². The number of anilines is 1. The van der Waals surface area contributed by atoms with Crippen LogP contribution in [0.4, 0.5) is 9.80 Å². The first-order valence-corrected chi connectivity index (χ1v) is 8.39. The molecule has 122 valence electrons. The van der Waals surface area contributed by atoms with Crippen LogP contribution in [0.2, 0.25) is 4.34 Å². The summed E-state index contributed by atoms with van der Waals surface area (Å²) >= 11 is 7.18. The predicted octanol–water partition coefficient (Wildman–Crippen LogP) is 3.71. The first-order valence-electron chi connectivity index (χ1n) is 7.20. The zero-order valence-corrected chi connectivity index (χ0v) is 14.1. The highest BCUT2D eigenvalue weighted by atomic mass is 35.5. The van der Waals surface area contributed by atoms with Gasteiger partial charge in [0.1, 0.15) is 5.75 Å². The monoisotopic (exact) mass is 352 g/mol. The number of benzene rings is 1. The van der Waals surface area contributed by atoms with E-state index in [0.29, 0.717) is 22.6 Å². The highest BCUT2D eigenvalue weighted by Crippen LogP contribution is 2.28. The van der Waals surface area contributed by atoms with Crippen LogP contribution in [0.15, 0.2) is 36.4 Å². The molecule has 2 atom stereocenters. The molecule has 3 rings (SSSR count). The molecule has 1 aromatic carbocycles. The summed E-state index contributed by atoms with van der Waals surface area (Å²) in [6.45, 7) is 1.08. The first-order chi connectivity index (χ1) is 11.2. The fraction of sp³-hybridized carbons (Fsp3) is 0.312. The molecule has 1 fully saturated rings. The Balaban J connectivity index is 1.62. The number of amides is 2. The van der Waals surface area contributed by atoms with Crippen molar-refractivity contribution >= 4 is 34.0 Å². The maximum Gasteiger partial charge on any atom is 0.320 e. The molecule has 1 saturated heterocycles. The standard InChI is InChI=1S/C16H17ClN2O3S/c1-21-11-4-2-10(3-5-11)12-8-22-9-13(12)18-16(20)19-15-7-6-14(17)23-15/h2-7,12-13H,8-9H2,1H3,(H2,18,19,20)/t12-,13?/m0/s1. The van der Waals surface area contributed by atoms with Gasteiger partial charge in [0.25, 0.3) is 0 Å². The number of thiophene rings is 1. The molecular weight excluding hydrogens is 336 g/mol. The van der Waals surface area contributed by atoms with E-state index in [2.05, 4.69) is 10.6 Å². The van der Waals surface area contributed by atoms with E-state index in [4.69, 9.17) is 21.1 Å². The minimum atomic E-state index is -0.252. The van der Waals surface area contributed by atoms with E-state index in [0.717, 1.165) is 11.3 Å². The van der Waals surface area contributed by atoms with Gasteiger partial charge in [-0.05, 0) is 29.8 Å². The number of carbonyl (C=O) groups is 1. The van der Waals surface area contributed by atoms with E-state index in [1.165, 1.54) is 11.3 Å². The SMILES string of the molecule is COc1ccc([C@@H]2COCC2NC(=O)Nc2ccc(Cl)s2)cc1. The van der Waals surface area contributed by atoms with Gasteiger partial charge in [0.05, 0.1) is 35.7 Å². The first kappa shape index (κ1) is 16.1. The van der Waals surface area contributed by atoms with Crippen molar-refractivity contribution in [1.82, 2.24) is 5.32 Å². The van der Waals surface area contributed by atoms with E-state index in [9.17, 15) is 4.79 Å². The Labute approximate surface area is 143 Å². The lowest BCUT2D eigenvalue weighted by atomic mass is 9.94. The summed E-state index contributed by atoms with van der Waals surface area (Å²) in [5.74, 6) is 0.933. The zero-order valence-electron chi connectivity index (χ0n) is 12.5. The molecule has 23 heavy (non-hydrogen) atoms. The van der Waals surface area contributed by atoms with Crippen LogP contribution >= 0.6 is 22.9 Å². The van der Waals surface area contributed by atoms with Gasteiger partial charge in [-0.3, -0.25) is 5.32 Å². The van der Waals surface area contributed by atoms with Crippen molar-refractivity contribution in [3.05, 3.63) is 46.3 Å². The predicted molar refractivity (Wildman–Crippen MR) is 91.8 cm³/mol. The third-order valence-corrected chi connectivity index (χ3v) is 4.90. The average Bonchev–Trinajstić information content (AvgIpc) is 3.16. The molecule has 0 saturated carbocycles. The van der Waals surface area contributed by atoms with Crippen molar-refractivity contribution in [3.63, 3.8) is 0 Å². The van der Waals surface area contributed by atoms with Gasteiger partial charge in [0.2, 0.25) is 0 Å². The number of halogens is 1. The molecule has 1 aromatic heterocycles. The number of hydrogen-bond acceptors (Lipinski definition) is 4. The van der Waals surface area contributed by atoms with Gasteiger partial charge in [0, 0.05) is 5.92 Å². The topological polar surface area (TPSA) is 59.6 Å². The molecule has 0 radical (unpaired) electrons. The third-order valence-electron chi connectivity index (χ3n) is 3.75. The highest BCUT2D eigenvalue weighted by molar-refractivity contribution is 7.20. The molecule has 2 amide bonds. The van der Waals surface area contributed by atoms with Crippen LogP contribution in [0.25, 0.3) is 0 Å². The molecule has 1 aliphatic heterocycles. The highest BCUT2D eigenvalue weighted by Gasteiger charge is 2.31. The number of methoxy groups -OCH3 is 1. The normalized spacial score (nSPS) is 20.3. The van der Waals surface area contributed by atoms with Crippen LogP contribution in [0, 0.1) is 0 Å². The number of ether oxygens (including phenoxy) is 2. The number of urea groups is 1. The van der Waals surface area contributed by atoms with Crippen molar-refractivity contribution in [2.45, 2.75) is 12.0 Å². The van der Waals surface area contributed by atoms with E-state index in [1.54, 1.807) is 19.2 Å². The molecular formula is C16H17ClN2O3S. The second kappa shape index (κ2) is 7.21. The third kappa shape index (κ3) is 3.96. The molecule has 0 aliphatic carbocycles. The second-order valence-electron chi connectivity index (χ2n) is 5.23. The van der Waals surface area contributed by atoms with Crippen molar-refractivity contribution < 1.29 is 14.3 Å². The van der Waals surface area contributed by atoms with Gasteiger partial charge in [-0.15, -0.1) is 11.3 Å². The summed E-state index contributed by atoms with van der Waals surface area (Å²) in [5, 5.41) is 6.47. The van der Waals surface area contributed by atoms with Crippen LogP contribution < -0.4 is 15.4 Å². The second-order valence-corrected chi connectivity index (χ2v) is 6.94. The van der Waals surface area contributed by atoms with E-state index < -0.39 is 0 Å². The maximum absolute atomic E-state index is 12.1. The molecule has 5 nitrogen and oxygen atoms in total. The van der Waals surface area contributed by atoms with Gasteiger partial charge in [-0.1, -0.05) is 23.7 Å². The number of hydrogen-bond donors (Lipinski definition) is 2. The lowest BCUT2D eigenvalue weighted by Crippen LogP contribution is -2.41. The smallest absolute Gasteiger partial charge is 0.320 e. The van der Waals surface area contributed by atoms with Gasteiger partial charge in [-0.2, -0.15) is 0 Å². The molecule has 2 aromatic rings. The minimum absolute atomic E-state index is 0.0705. The van der Waals surface area contributed by atoms with Gasteiger partial charge in [0.15, 0.2) is 0 Å². The molecule has 1 unspecified atom stereocenters. The maximum atomic E-state index is 12.1. The fourth-order valence-electron chi connectivity index (χ4n) is 2.57. The quantitative estimate of drug-likeness (QED) is 0.881. The van der Waals surface area contributed by atoms with Crippen LogP contribution in [0.1, 0.15) is 11.5 Å². The summed E-state index contributed by atoms with van der Waals surface area (Å²) in [4.78, 5) is 12.1. The largest absolute Gasteiger partial charge is 0.497 e. The molecule has 0 bridgehead atoms. The van der Waals surface area contributed by atoms with Crippen molar-refractivity contribution in [2.75, 3.05) is 25.6 Å². The summed E-state index contributed by atoms with van der Waals surface area (Å²) in [5.41, 5.74) is 1.12. The van der Waals surface area contributed by atoms with Crippen molar-refractivity contribution in [3.8, 4) is 5.75 Å². The van der Waals surface area contributed by atoms with Crippen LogP contribution in [-0.4, -0.2) is 32.4 Å². The Kier molecular flexibility index (Phi) is 5.05. The van der Waals surface area contributed by atoms with Crippen molar-refractivity contribution in [2.24, 2.45) is 0 Å². The minimum Gasteiger partial charge on any atom is -0.497 e. The van der Waals surface area contributed by atoms with Gasteiger partial charge >= 0.3 is 6.03 Å². The van der Waals surface area contributed by atoms with Gasteiger partial charge < -0.3 is 14.8 Å². The number of nitrogens with one attached hydrogen (secondary N) is 2. The summed E-state index contributed by atoms with van der Waals surface area (Å²) in [7, 11) is 1.64. The molecule has 2 heterocycles. The summed E-state index contributed by atoms with van der Waals surface area (Å²) in [6, 6.07) is 11.0. The Morgan fingerprint density at radius 1 is 1.26 bits per heavy atom. The zero-order chi connectivity index (χ0) is 16.2. The number of carbonyl (C=O) groups excluding carboxylic acids is 1. The summed E-state index contributed by atoms with van der Waals surface area (Å²) < 4.78 is 11.4. The lowest BCUT2D eigenvalue weighted by molar-refractivity contribution is 0.187. The number of rotatable bonds is 4. The van der Waals surface area contributed by atoms with Gasteiger partial charge in [-0.25, -0.2) is 4.79 Å². The molecule has 7 heteroatoms.